The smallest absolute Gasteiger partial charge is 0.242 e. The minimum Gasteiger partial charge on any atom is -0.391 e. The molecule has 1 aromatic heterocycles. The van der Waals surface area contributed by atoms with Crippen molar-refractivity contribution in [1.29, 1.82) is 0 Å². The Kier molecular flexibility index (Phi) is 5.02. The number of nitrogens with one attached hydrogen (secondary N) is 1. The van der Waals surface area contributed by atoms with Crippen LogP contribution in [0.3, 0.4) is 0 Å². The number of hydrogen-bond donors (Lipinski definition) is 2. The van der Waals surface area contributed by atoms with Crippen LogP contribution in [0, 0.1) is 0 Å². The van der Waals surface area contributed by atoms with E-state index in [2.05, 4.69) is 25.6 Å². The van der Waals surface area contributed by atoms with Crippen LogP contribution in [0.25, 0.3) is 0 Å². The molecule has 19 heavy (non-hydrogen) atoms. The van der Waals surface area contributed by atoms with Crippen LogP contribution in [0.4, 0.5) is 0 Å². The molecule has 1 atom stereocenters. The zero-order valence-corrected chi connectivity index (χ0v) is 13.8. The maximum Gasteiger partial charge on any atom is 0.242 e. The molecule has 1 aromatic rings. The molecule has 0 spiro atoms. The number of halogens is 1. The molecule has 1 saturated heterocycles. The van der Waals surface area contributed by atoms with Crippen LogP contribution < -0.4 is 4.72 Å². The number of piperidine rings is 1. The van der Waals surface area contributed by atoms with Gasteiger partial charge < -0.3 is 10.0 Å². The van der Waals surface area contributed by atoms with Crippen molar-refractivity contribution in [2.24, 2.45) is 0 Å². The first-order valence-electron chi connectivity index (χ1n) is 6.02. The molecule has 1 aliphatic heterocycles. The first-order chi connectivity index (χ1) is 8.92. The lowest BCUT2D eigenvalue weighted by molar-refractivity contribution is 0.242. The molecule has 0 bridgehead atoms. The van der Waals surface area contributed by atoms with Crippen LogP contribution in [0.15, 0.2) is 14.7 Å². The van der Waals surface area contributed by atoms with Gasteiger partial charge in [-0.05, 0) is 48.4 Å². The minimum absolute atomic E-state index is 0.0480. The minimum atomic E-state index is -3.53. The van der Waals surface area contributed by atoms with Crippen molar-refractivity contribution in [3.63, 3.8) is 0 Å². The Morgan fingerprint density at radius 3 is 2.95 bits per heavy atom. The van der Waals surface area contributed by atoms with E-state index in [1.54, 1.807) is 0 Å². The zero-order chi connectivity index (χ0) is 14.0. The molecule has 1 aliphatic rings. The zero-order valence-electron chi connectivity index (χ0n) is 10.6. The first kappa shape index (κ1) is 15.4. The summed E-state index contributed by atoms with van der Waals surface area (Å²) in [6.45, 7) is 1.59. The lowest BCUT2D eigenvalue weighted by atomic mass is 10.1. The summed E-state index contributed by atoms with van der Waals surface area (Å²) in [4.78, 5) is 2.97. The molecule has 0 radical (unpaired) electrons. The van der Waals surface area contributed by atoms with E-state index in [0.717, 1.165) is 25.9 Å². The highest BCUT2D eigenvalue weighted by Gasteiger charge is 2.26. The topological polar surface area (TPSA) is 69.6 Å². The van der Waals surface area contributed by atoms with Crippen molar-refractivity contribution < 1.29 is 13.5 Å². The van der Waals surface area contributed by atoms with E-state index in [-0.39, 0.29) is 17.5 Å². The van der Waals surface area contributed by atoms with Crippen molar-refractivity contribution in [1.82, 2.24) is 9.62 Å². The molecule has 0 amide bonds. The van der Waals surface area contributed by atoms with E-state index in [9.17, 15) is 8.42 Å². The van der Waals surface area contributed by atoms with Gasteiger partial charge in [0.2, 0.25) is 10.0 Å². The second-order valence-electron chi connectivity index (χ2n) is 4.73. The monoisotopic (exact) mass is 368 g/mol. The normalized spacial score (nSPS) is 21.7. The molecule has 2 rings (SSSR count). The quantitative estimate of drug-likeness (QED) is 0.841. The molecule has 0 aromatic carbocycles. The Labute approximate surface area is 125 Å². The van der Waals surface area contributed by atoms with Gasteiger partial charge in [-0.1, -0.05) is 0 Å². The number of likely N-dealkylation sites (N-methyl/N-ethyl adjacent to an activating group) is 1. The highest BCUT2D eigenvalue weighted by Crippen LogP contribution is 2.32. The second kappa shape index (κ2) is 6.19. The van der Waals surface area contributed by atoms with Gasteiger partial charge in [-0.15, -0.1) is 11.3 Å². The van der Waals surface area contributed by atoms with Crippen LogP contribution in [0.1, 0.15) is 17.7 Å². The molecular formula is C11H17BrN2O3S2. The fraction of sp³-hybridized carbons (Fsp3) is 0.636. The molecule has 2 N–H and O–H groups in total. The third-order valence-corrected chi connectivity index (χ3v) is 6.86. The third kappa shape index (κ3) is 3.77. The van der Waals surface area contributed by atoms with E-state index in [1.165, 1.54) is 17.4 Å². The fourth-order valence-electron chi connectivity index (χ4n) is 2.20. The number of likely N-dealkylation sites (tertiary alicyclic amines) is 1. The summed E-state index contributed by atoms with van der Waals surface area (Å²) in [6.07, 6.45) is 1.86. The maximum atomic E-state index is 12.3. The number of thiophene rings is 1. The second-order valence-corrected chi connectivity index (χ2v) is 8.87. The van der Waals surface area contributed by atoms with Gasteiger partial charge in [0.15, 0.2) is 0 Å². The van der Waals surface area contributed by atoms with Gasteiger partial charge in [0.1, 0.15) is 4.90 Å². The van der Waals surface area contributed by atoms with Crippen LogP contribution in [0.2, 0.25) is 0 Å². The van der Waals surface area contributed by atoms with Crippen LogP contribution in [0.5, 0.6) is 0 Å². The highest BCUT2D eigenvalue weighted by molar-refractivity contribution is 9.11. The van der Waals surface area contributed by atoms with Gasteiger partial charge in [-0.3, -0.25) is 0 Å². The van der Waals surface area contributed by atoms with E-state index < -0.39 is 10.0 Å². The van der Waals surface area contributed by atoms with Gasteiger partial charge in [-0.2, -0.15) is 0 Å². The highest BCUT2D eigenvalue weighted by atomic mass is 79.9. The summed E-state index contributed by atoms with van der Waals surface area (Å²) in [7, 11) is -1.54. The first-order valence-corrected chi connectivity index (χ1v) is 9.11. The third-order valence-electron chi connectivity index (χ3n) is 3.10. The summed E-state index contributed by atoms with van der Waals surface area (Å²) in [6, 6.07) is 1.47. The maximum absolute atomic E-state index is 12.3. The Morgan fingerprint density at radius 1 is 1.63 bits per heavy atom. The number of rotatable bonds is 4. The molecule has 1 fully saturated rings. The van der Waals surface area contributed by atoms with Crippen molar-refractivity contribution in [3.8, 4) is 0 Å². The largest absolute Gasteiger partial charge is 0.391 e. The predicted molar refractivity (Wildman–Crippen MR) is 78.8 cm³/mol. The van der Waals surface area contributed by atoms with Crippen molar-refractivity contribution in [2.45, 2.75) is 30.4 Å². The predicted octanol–water partition coefficient (Wildman–Crippen LogP) is 1.38. The average molecular weight is 369 g/mol. The Bertz CT molecular complexity index is 544. The van der Waals surface area contributed by atoms with Crippen molar-refractivity contribution >= 4 is 37.3 Å². The summed E-state index contributed by atoms with van der Waals surface area (Å²) in [5, 5.41) is 9.06. The summed E-state index contributed by atoms with van der Waals surface area (Å²) in [5.41, 5.74) is 0. The lowest BCUT2D eigenvalue weighted by Crippen LogP contribution is -2.46. The number of aliphatic hydroxyl groups is 1. The average Bonchev–Trinajstić information content (AvgIpc) is 2.71. The molecule has 1 unspecified atom stereocenters. The molecule has 2 heterocycles. The number of nitrogens with zero attached hydrogens (tertiary/aromatic N) is 1. The standard InChI is InChI=1S/C11H17BrN2O3S2/c1-14-4-2-3-8(6-14)13-19(16,17)10-5-9(7-15)18-11(10)12/h5,8,13,15H,2-4,6-7H2,1H3. The fourth-order valence-corrected chi connectivity index (χ4v) is 6.01. The Balaban J connectivity index is 2.15. The van der Waals surface area contributed by atoms with E-state index >= 15 is 0 Å². The molecular weight excluding hydrogens is 352 g/mol. The van der Waals surface area contributed by atoms with Crippen LogP contribution in [-0.4, -0.2) is 44.6 Å². The lowest BCUT2D eigenvalue weighted by Gasteiger charge is -2.29. The van der Waals surface area contributed by atoms with Crippen LogP contribution in [-0.2, 0) is 16.6 Å². The number of hydrogen-bond acceptors (Lipinski definition) is 5. The van der Waals surface area contributed by atoms with Crippen molar-refractivity contribution in [3.05, 3.63) is 14.7 Å². The van der Waals surface area contributed by atoms with Crippen LogP contribution >= 0.6 is 27.3 Å². The molecule has 0 saturated carbocycles. The van der Waals surface area contributed by atoms with E-state index in [1.807, 2.05) is 7.05 Å². The van der Waals surface area contributed by atoms with E-state index in [4.69, 9.17) is 5.11 Å². The Morgan fingerprint density at radius 2 is 2.37 bits per heavy atom. The van der Waals surface area contributed by atoms with Gasteiger partial charge in [-0.25, -0.2) is 13.1 Å². The summed E-state index contributed by atoms with van der Waals surface area (Å²) in [5.74, 6) is 0. The van der Waals surface area contributed by atoms with Gasteiger partial charge >= 0.3 is 0 Å². The molecule has 8 heteroatoms. The number of aliphatic hydroxyl groups excluding tert-OH is 1. The summed E-state index contributed by atoms with van der Waals surface area (Å²) < 4.78 is 27.9. The molecule has 108 valence electrons. The number of sulfonamides is 1. The van der Waals surface area contributed by atoms with E-state index in [0.29, 0.717) is 8.66 Å². The van der Waals surface area contributed by atoms with Crippen molar-refractivity contribution in [2.75, 3.05) is 20.1 Å². The Hall–Kier alpha value is 0.01000. The SMILES string of the molecule is CN1CCCC(NS(=O)(=O)c2cc(CO)sc2Br)C1. The molecule has 0 aliphatic carbocycles. The van der Waals surface area contributed by atoms with Gasteiger partial charge in [0, 0.05) is 17.5 Å². The summed E-state index contributed by atoms with van der Waals surface area (Å²) >= 11 is 4.49. The van der Waals surface area contributed by atoms with Gasteiger partial charge in [0.25, 0.3) is 0 Å². The molecule has 5 nitrogen and oxygen atoms in total. The van der Waals surface area contributed by atoms with Gasteiger partial charge in [0.05, 0.1) is 10.4 Å².